The van der Waals surface area contributed by atoms with Crippen molar-refractivity contribution in [3.05, 3.63) is 71.7 Å². The molecule has 0 saturated carbocycles. The van der Waals surface area contributed by atoms with Gasteiger partial charge in [-0.25, -0.2) is 4.39 Å². The van der Waals surface area contributed by atoms with E-state index < -0.39 is 0 Å². The summed E-state index contributed by atoms with van der Waals surface area (Å²) in [5.41, 5.74) is 2.43. The molecule has 5 nitrogen and oxygen atoms in total. The summed E-state index contributed by atoms with van der Waals surface area (Å²) in [6.07, 6.45) is 4.26. The van der Waals surface area contributed by atoms with Crippen LogP contribution in [-0.4, -0.2) is 29.6 Å². The Morgan fingerprint density at radius 3 is 2.80 bits per heavy atom. The summed E-state index contributed by atoms with van der Waals surface area (Å²) in [5.74, 6) is 1.10. The minimum absolute atomic E-state index is 0.0708. The third kappa shape index (κ3) is 4.53. The minimum Gasteiger partial charge on any atom is -0.497 e. The van der Waals surface area contributed by atoms with Crippen LogP contribution in [0.5, 0.6) is 5.75 Å². The molecule has 156 valence electrons. The number of ether oxygens (including phenoxy) is 1. The fraction of sp³-hybridized carbons (Fsp3) is 0.333. The van der Waals surface area contributed by atoms with Crippen LogP contribution in [0, 0.1) is 5.82 Å². The number of benzene rings is 2. The van der Waals surface area contributed by atoms with Crippen molar-refractivity contribution in [2.45, 2.75) is 38.1 Å². The Balaban J connectivity index is 1.55. The highest BCUT2D eigenvalue weighted by Crippen LogP contribution is 2.32. The zero-order valence-electron chi connectivity index (χ0n) is 17.0. The first-order chi connectivity index (χ1) is 14.6. The van der Waals surface area contributed by atoms with Crippen LogP contribution in [0.1, 0.15) is 43.0 Å². The Morgan fingerprint density at radius 1 is 1.17 bits per heavy atom. The lowest BCUT2D eigenvalue weighted by atomic mass is 10.0. The zero-order valence-corrected chi connectivity index (χ0v) is 17.0. The van der Waals surface area contributed by atoms with E-state index in [0.717, 1.165) is 48.3 Å². The van der Waals surface area contributed by atoms with Gasteiger partial charge in [-0.15, -0.1) is 0 Å². The molecule has 0 N–H and O–H groups in total. The van der Waals surface area contributed by atoms with E-state index in [2.05, 4.69) is 5.16 Å². The second-order valence-electron chi connectivity index (χ2n) is 7.60. The van der Waals surface area contributed by atoms with Gasteiger partial charge in [0.15, 0.2) is 5.76 Å². The molecule has 1 aliphatic heterocycles. The molecule has 1 fully saturated rings. The Morgan fingerprint density at radius 2 is 2.00 bits per heavy atom. The zero-order chi connectivity index (χ0) is 20.9. The highest BCUT2D eigenvalue weighted by molar-refractivity contribution is 5.79. The molecule has 1 amide bonds. The maximum Gasteiger partial charge on any atom is 0.227 e. The fourth-order valence-corrected chi connectivity index (χ4v) is 3.97. The van der Waals surface area contributed by atoms with Crippen molar-refractivity contribution >= 4 is 5.91 Å². The van der Waals surface area contributed by atoms with Crippen LogP contribution in [0.15, 0.2) is 59.1 Å². The van der Waals surface area contributed by atoms with Gasteiger partial charge in [0.2, 0.25) is 5.91 Å². The van der Waals surface area contributed by atoms with Crippen LogP contribution in [-0.2, 0) is 11.2 Å². The molecular weight excluding hydrogens is 383 g/mol. The van der Waals surface area contributed by atoms with E-state index in [1.54, 1.807) is 19.2 Å². The third-order valence-electron chi connectivity index (χ3n) is 5.56. The average Bonchev–Trinajstić information content (AvgIpc) is 3.11. The molecule has 6 heteroatoms. The van der Waals surface area contributed by atoms with Gasteiger partial charge < -0.3 is 14.2 Å². The number of carbonyl (C=O) groups is 1. The summed E-state index contributed by atoms with van der Waals surface area (Å²) in [4.78, 5) is 15.1. The Hall–Kier alpha value is -3.15. The molecule has 0 spiro atoms. The topological polar surface area (TPSA) is 55.6 Å². The number of rotatable bonds is 5. The van der Waals surface area contributed by atoms with Crippen molar-refractivity contribution in [1.82, 2.24) is 10.1 Å². The number of hydrogen-bond acceptors (Lipinski definition) is 4. The molecule has 0 bridgehead atoms. The summed E-state index contributed by atoms with van der Waals surface area (Å²) >= 11 is 0. The maximum atomic E-state index is 13.2. The smallest absolute Gasteiger partial charge is 0.227 e. The molecular formula is C24H25FN2O3. The second-order valence-corrected chi connectivity index (χ2v) is 7.60. The first-order valence-corrected chi connectivity index (χ1v) is 10.3. The van der Waals surface area contributed by atoms with Crippen molar-refractivity contribution in [1.29, 1.82) is 0 Å². The van der Waals surface area contributed by atoms with E-state index >= 15 is 0 Å². The standard InChI is InChI=1S/C24H25FN2O3/c1-29-20-7-5-6-17(14-20)15-24(28)27-13-4-2-3-8-22(27)21-16-23(30-26-21)18-9-11-19(25)12-10-18/h5-7,9-12,14,16,22H,2-4,8,13,15H2,1H3. The Kier molecular flexibility index (Phi) is 6.12. The van der Waals surface area contributed by atoms with Gasteiger partial charge in [0.05, 0.1) is 19.6 Å². The largest absolute Gasteiger partial charge is 0.497 e. The summed E-state index contributed by atoms with van der Waals surface area (Å²) in [6, 6.07) is 15.5. The highest BCUT2D eigenvalue weighted by atomic mass is 19.1. The van der Waals surface area contributed by atoms with E-state index in [4.69, 9.17) is 9.26 Å². The summed E-state index contributed by atoms with van der Waals surface area (Å²) < 4.78 is 24.0. The van der Waals surface area contributed by atoms with Gasteiger partial charge in [0.25, 0.3) is 0 Å². The van der Waals surface area contributed by atoms with Crippen LogP contribution >= 0.6 is 0 Å². The molecule has 2 aromatic carbocycles. The summed E-state index contributed by atoms with van der Waals surface area (Å²) in [5, 5.41) is 4.26. The van der Waals surface area contributed by atoms with Gasteiger partial charge in [-0.05, 0) is 54.8 Å². The fourth-order valence-electron chi connectivity index (χ4n) is 3.97. The molecule has 1 aromatic heterocycles. The molecule has 1 unspecified atom stereocenters. The van der Waals surface area contributed by atoms with Crippen molar-refractivity contribution < 1.29 is 18.4 Å². The van der Waals surface area contributed by atoms with E-state index in [1.165, 1.54) is 12.1 Å². The van der Waals surface area contributed by atoms with Gasteiger partial charge in [-0.2, -0.15) is 0 Å². The van der Waals surface area contributed by atoms with Crippen molar-refractivity contribution in [2.24, 2.45) is 0 Å². The molecule has 1 atom stereocenters. The molecule has 30 heavy (non-hydrogen) atoms. The average molecular weight is 408 g/mol. The number of amides is 1. The van der Waals surface area contributed by atoms with Gasteiger partial charge in [-0.3, -0.25) is 4.79 Å². The Bertz CT molecular complexity index is 1000. The highest BCUT2D eigenvalue weighted by Gasteiger charge is 2.29. The number of methoxy groups -OCH3 is 1. The van der Waals surface area contributed by atoms with E-state index in [1.807, 2.05) is 35.2 Å². The van der Waals surface area contributed by atoms with Crippen molar-refractivity contribution in [2.75, 3.05) is 13.7 Å². The summed E-state index contributed by atoms with van der Waals surface area (Å²) in [6.45, 7) is 0.701. The van der Waals surface area contributed by atoms with Crippen molar-refractivity contribution in [3.63, 3.8) is 0 Å². The lowest BCUT2D eigenvalue weighted by Crippen LogP contribution is -2.36. The number of hydrogen-bond donors (Lipinski definition) is 0. The van der Waals surface area contributed by atoms with Gasteiger partial charge >= 0.3 is 0 Å². The monoisotopic (exact) mass is 408 g/mol. The van der Waals surface area contributed by atoms with Crippen LogP contribution in [0.25, 0.3) is 11.3 Å². The van der Waals surface area contributed by atoms with E-state index in [9.17, 15) is 9.18 Å². The molecule has 3 aromatic rings. The lowest BCUT2D eigenvalue weighted by Gasteiger charge is -2.28. The number of halogens is 1. The quantitative estimate of drug-likeness (QED) is 0.584. The second kappa shape index (κ2) is 9.11. The molecule has 0 aliphatic carbocycles. The predicted octanol–water partition coefficient (Wildman–Crippen LogP) is 5.18. The first-order valence-electron chi connectivity index (χ1n) is 10.3. The molecule has 1 aliphatic rings. The number of aromatic nitrogens is 1. The molecule has 4 rings (SSSR count). The molecule has 1 saturated heterocycles. The number of likely N-dealkylation sites (tertiary alicyclic amines) is 1. The van der Waals surface area contributed by atoms with Crippen molar-refractivity contribution in [3.8, 4) is 17.1 Å². The van der Waals surface area contributed by atoms with Gasteiger partial charge in [0.1, 0.15) is 17.3 Å². The van der Waals surface area contributed by atoms with Crippen LogP contribution in [0.2, 0.25) is 0 Å². The molecule has 2 heterocycles. The maximum absolute atomic E-state index is 13.2. The SMILES string of the molecule is COc1cccc(CC(=O)N2CCCCCC2c2cc(-c3ccc(F)cc3)on2)c1. The molecule has 0 radical (unpaired) electrons. The normalized spacial score (nSPS) is 16.9. The minimum atomic E-state index is -0.295. The summed E-state index contributed by atoms with van der Waals surface area (Å²) in [7, 11) is 1.62. The first kappa shape index (κ1) is 20.1. The number of nitrogens with zero attached hydrogens (tertiary/aromatic N) is 2. The van der Waals surface area contributed by atoms with Crippen LogP contribution in [0.3, 0.4) is 0 Å². The van der Waals surface area contributed by atoms with E-state index in [0.29, 0.717) is 18.7 Å². The van der Waals surface area contributed by atoms with Gasteiger partial charge in [0, 0.05) is 18.2 Å². The third-order valence-corrected chi connectivity index (χ3v) is 5.56. The number of carbonyl (C=O) groups excluding carboxylic acids is 1. The Labute approximate surface area is 175 Å². The van der Waals surface area contributed by atoms with Crippen LogP contribution in [0.4, 0.5) is 4.39 Å². The lowest BCUT2D eigenvalue weighted by molar-refractivity contribution is -0.133. The van der Waals surface area contributed by atoms with E-state index in [-0.39, 0.29) is 17.8 Å². The van der Waals surface area contributed by atoms with Gasteiger partial charge in [-0.1, -0.05) is 30.1 Å². The predicted molar refractivity (Wildman–Crippen MR) is 112 cm³/mol. The van der Waals surface area contributed by atoms with Crippen LogP contribution < -0.4 is 4.74 Å².